The summed E-state index contributed by atoms with van der Waals surface area (Å²) in [6.07, 6.45) is 0.192. The van der Waals surface area contributed by atoms with Crippen LogP contribution in [0.25, 0.3) is 0 Å². The van der Waals surface area contributed by atoms with E-state index in [1.165, 1.54) is 0 Å². The summed E-state index contributed by atoms with van der Waals surface area (Å²) in [5, 5.41) is 3.11. The van der Waals surface area contributed by atoms with Crippen molar-refractivity contribution in [3.05, 3.63) is 65.7 Å². The van der Waals surface area contributed by atoms with E-state index >= 15 is 0 Å². The van der Waals surface area contributed by atoms with Crippen molar-refractivity contribution in [2.24, 2.45) is 0 Å². The van der Waals surface area contributed by atoms with Crippen LogP contribution in [0.15, 0.2) is 54.6 Å². The SMILES string of the molecule is O=C(CC1Nc2ccccc2C1=O)c1ccccc1. The van der Waals surface area contributed by atoms with Crippen LogP contribution in [0.1, 0.15) is 27.1 Å². The van der Waals surface area contributed by atoms with Crippen molar-refractivity contribution < 1.29 is 9.59 Å². The van der Waals surface area contributed by atoms with E-state index in [1.807, 2.05) is 36.4 Å². The van der Waals surface area contributed by atoms with Gasteiger partial charge < -0.3 is 5.32 Å². The number of benzene rings is 2. The van der Waals surface area contributed by atoms with Gasteiger partial charge in [-0.3, -0.25) is 9.59 Å². The molecule has 0 aliphatic carbocycles. The molecule has 0 spiro atoms. The molecule has 1 heterocycles. The molecule has 1 N–H and O–H groups in total. The highest BCUT2D eigenvalue weighted by Crippen LogP contribution is 2.27. The van der Waals surface area contributed by atoms with Crippen LogP contribution in [0.2, 0.25) is 0 Å². The number of ketones is 2. The number of carbonyl (C=O) groups excluding carboxylic acids is 2. The number of anilines is 1. The zero-order valence-electron chi connectivity index (χ0n) is 10.3. The van der Waals surface area contributed by atoms with Gasteiger partial charge in [0.1, 0.15) is 0 Å². The molecule has 19 heavy (non-hydrogen) atoms. The van der Waals surface area contributed by atoms with E-state index in [0.29, 0.717) is 11.1 Å². The Labute approximate surface area is 111 Å². The molecule has 0 radical (unpaired) electrons. The average Bonchev–Trinajstić information content (AvgIpc) is 2.77. The summed E-state index contributed by atoms with van der Waals surface area (Å²) in [6.45, 7) is 0. The molecule has 0 aromatic heterocycles. The number of carbonyl (C=O) groups is 2. The topological polar surface area (TPSA) is 46.2 Å². The van der Waals surface area contributed by atoms with Crippen LogP contribution < -0.4 is 5.32 Å². The molecule has 94 valence electrons. The zero-order valence-corrected chi connectivity index (χ0v) is 10.3. The fraction of sp³-hybridized carbons (Fsp3) is 0.125. The first-order valence-electron chi connectivity index (χ1n) is 6.24. The molecule has 1 aliphatic heterocycles. The molecular formula is C16H13NO2. The lowest BCUT2D eigenvalue weighted by atomic mass is 10.0. The average molecular weight is 251 g/mol. The second-order valence-electron chi connectivity index (χ2n) is 4.60. The number of fused-ring (bicyclic) bond motifs is 1. The van der Waals surface area contributed by atoms with Gasteiger partial charge in [-0.05, 0) is 12.1 Å². The van der Waals surface area contributed by atoms with Gasteiger partial charge in [0.25, 0.3) is 0 Å². The summed E-state index contributed by atoms with van der Waals surface area (Å²) >= 11 is 0. The second-order valence-corrected chi connectivity index (χ2v) is 4.60. The standard InChI is InChI=1S/C16H13NO2/c18-15(11-6-2-1-3-7-11)10-14-16(19)12-8-4-5-9-13(12)17-14/h1-9,14,17H,10H2. The maximum absolute atomic E-state index is 12.1. The third-order valence-corrected chi connectivity index (χ3v) is 3.32. The molecule has 1 atom stereocenters. The monoisotopic (exact) mass is 251 g/mol. The van der Waals surface area contributed by atoms with Gasteiger partial charge in [-0.15, -0.1) is 0 Å². The Balaban J connectivity index is 1.77. The van der Waals surface area contributed by atoms with Crippen molar-refractivity contribution in [2.45, 2.75) is 12.5 Å². The minimum atomic E-state index is -0.440. The van der Waals surface area contributed by atoms with Crippen molar-refractivity contribution in [2.75, 3.05) is 5.32 Å². The molecule has 3 nitrogen and oxygen atoms in total. The molecule has 0 bridgehead atoms. The highest BCUT2D eigenvalue weighted by Gasteiger charge is 2.31. The quantitative estimate of drug-likeness (QED) is 0.853. The molecule has 0 saturated heterocycles. The molecular weight excluding hydrogens is 238 g/mol. The summed E-state index contributed by atoms with van der Waals surface area (Å²) in [6, 6.07) is 16.0. The highest BCUT2D eigenvalue weighted by atomic mass is 16.1. The van der Waals surface area contributed by atoms with Crippen LogP contribution in [-0.4, -0.2) is 17.6 Å². The maximum atomic E-state index is 12.1. The van der Waals surface area contributed by atoms with Crippen LogP contribution in [0, 0.1) is 0 Å². The van der Waals surface area contributed by atoms with Gasteiger partial charge in [0, 0.05) is 23.2 Å². The molecule has 1 unspecified atom stereocenters. The summed E-state index contributed by atoms with van der Waals surface area (Å²) in [7, 11) is 0. The number of hydrogen-bond acceptors (Lipinski definition) is 3. The van der Waals surface area contributed by atoms with Crippen LogP contribution in [0.3, 0.4) is 0 Å². The van der Waals surface area contributed by atoms with Crippen molar-refractivity contribution >= 4 is 17.3 Å². The van der Waals surface area contributed by atoms with E-state index < -0.39 is 6.04 Å². The van der Waals surface area contributed by atoms with Crippen molar-refractivity contribution in [3.8, 4) is 0 Å². The van der Waals surface area contributed by atoms with Crippen molar-refractivity contribution in [1.29, 1.82) is 0 Å². The number of nitrogens with one attached hydrogen (secondary N) is 1. The third kappa shape index (κ3) is 2.15. The fourth-order valence-electron chi connectivity index (χ4n) is 2.34. The lowest BCUT2D eigenvalue weighted by Gasteiger charge is -2.08. The van der Waals surface area contributed by atoms with Gasteiger partial charge in [0.05, 0.1) is 6.04 Å². The second kappa shape index (κ2) is 4.69. The molecule has 2 aromatic carbocycles. The summed E-state index contributed by atoms with van der Waals surface area (Å²) in [5.74, 6) is -0.0147. The summed E-state index contributed by atoms with van der Waals surface area (Å²) in [4.78, 5) is 24.3. The zero-order chi connectivity index (χ0) is 13.2. The Morgan fingerprint density at radius 2 is 1.68 bits per heavy atom. The predicted molar refractivity (Wildman–Crippen MR) is 73.6 cm³/mol. The van der Waals surface area contributed by atoms with Gasteiger partial charge in [-0.2, -0.15) is 0 Å². The van der Waals surface area contributed by atoms with Crippen LogP contribution in [0.4, 0.5) is 5.69 Å². The third-order valence-electron chi connectivity index (χ3n) is 3.32. The lowest BCUT2D eigenvalue weighted by molar-refractivity contribution is 0.0911. The van der Waals surface area contributed by atoms with Crippen LogP contribution in [-0.2, 0) is 0 Å². The molecule has 3 heteroatoms. The lowest BCUT2D eigenvalue weighted by Crippen LogP contribution is -2.25. The number of hydrogen-bond donors (Lipinski definition) is 1. The minimum absolute atomic E-state index is 0.000110. The first-order valence-corrected chi connectivity index (χ1v) is 6.24. The van der Waals surface area contributed by atoms with Crippen LogP contribution >= 0.6 is 0 Å². The Hall–Kier alpha value is -2.42. The van der Waals surface area contributed by atoms with E-state index in [9.17, 15) is 9.59 Å². The van der Waals surface area contributed by atoms with E-state index in [4.69, 9.17) is 0 Å². The molecule has 1 aliphatic rings. The fourth-order valence-corrected chi connectivity index (χ4v) is 2.34. The molecule has 2 aromatic rings. The summed E-state index contributed by atoms with van der Waals surface area (Å²) in [5.41, 5.74) is 2.14. The van der Waals surface area contributed by atoms with E-state index in [0.717, 1.165) is 5.69 Å². The van der Waals surface area contributed by atoms with Gasteiger partial charge in [-0.25, -0.2) is 0 Å². The van der Waals surface area contributed by atoms with E-state index in [2.05, 4.69) is 5.32 Å². The Kier molecular flexibility index (Phi) is 2.88. The Morgan fingerprint density at radius 3 is 2.42 bits per heavy atom. The smallest absolute Gasteiger partial charge is 0.187 e. The highest BCUT2D eigenvalue weighted by molar-refractivity contribution is 6.13. The largest absolute Gasteiger partial charge is 0.374 e. The molecule has 0 fully saturated rings. The predicted octanol–water partition coefficient (Wildman–Crippen LogP) is 2.94. The van der Waals surface area contributed by atoms with Gasteiger partial charge in [0.2, 0.25) is 0 Å². The Morgan fingerprint density at radius 1 is 1.00 bits per heavy atom. The maximum Gasteiger partial charge on any atom is 0.187 e. The number of para-hydroxylation sites is 1. The van der Waals surface area contributed by atoms with Crippen molar-refractivity contribution in [3.63, 3.8) is 0 Å². The minimum Gasteiger partial charge on any atom is -0.374 e. The van der Waals surface area contributed by atoms with Gasteiger partial charge in [-0.1, -0.05) is 42.5 Å². The van der Waals surface area contributed by atoms with Gasteiger partial charge in [0.15, 0.2) is 11.6 Å². The first kappa shape index (κ1) is 11.7. The van der Waals surface area contributed by atoms with Crippen LogP contribution in [0.5, 0.6) is 0 Å². The summed E-state index contributed by atoms with van der Waals surface area (Å²) < 4.78 is 0. The Bertz CT molecular complexity index is 634. The van der Waals surface area contributed by atoms with Gasteiger partial charge >= 0.3 is 0 Å². The number of rotatable bonds is 3. The molecule has 3 rings (SSSR count). The van der Waals surface area contributed by atoms with E-state index in [1.54, 1.807) is 18.2 Å². The first-order chi connectivity index (χ1) is 9.25. The number of Topliss-reactive ketones (excluding diaryl/α,β-unsaturated/α-hetero) is 2. The van der Waals surface area contributed by atoms with Crippen molar-refractivity contribution in [1.82, 2.24) is 0 Å². The normalized spacial score (nSPS) is 16.8. The molecule has 0 saturated carbocycles. The van der Waals surface area contributed by atoms with E-state index in [-0.39, 0.29) is 18.0 Å². The molecule has 0 amide bonds.